The summed E-state index contributed by atoms with van der Waals surface area (Å²) in [5, 5.41) is 0.466. The molecule has 0 saturated heterocycles. The number of nitrogens with zero attached hydrogens (tertiary/aromatic N) is 3. The van der Waals surface area contributed by atoms with Gasteiger partial charge in [-0.05, 0) is 31.5 Å². The lowest BCUT2D eigenvalue weighted by molar-refractivity contribution is 1.00. The Morgan fingerprint density at radius 2 is 2.19 bits per heavy atom. The molecule has 1 aromatic heterocycles. The summed E-state index contributed by atoms with van der Waals surface area (Å²) in [6, 6.07) is 8.25. The van der Waals surface area contributed by atoms with Crippen LogP contribution in [-0.4, -0.2) is 15.3 Å². The van der Waals surface area contributed by atoms with E-state index in [0.29, 0.717) is 5.15 Å². The smallest absolute Gasteiger partial charge is 0.187 e. The Bertz CT molecular complexity index is 484. The minimum atomic E-state index is 0.466. The second-order valence-electron chi connectivity index (χ2n) is 3.46. The Hall–Kier alpha value is -1.13. The molecule has 0 aliphatic carbocycles. The van der Waals surface area contributed by atoms with Gasteiger partial charge in [-0.3, -0.25) is 0 Å². The Balaban J connectivity index is 2.40. The third kappa shape index (κ3) is 2.18. The maximum atomic E-state index is 6.00. The first kappa shape index (κ1) is 11.4. The van der Waals surface area contributed by atoms with Crippen LogP contribution in [0.15, 0.2) is 24.3 Å². The first-order valence-corrected chi connectivity index (χ1v) is 6.15. The molecule has 3 nitrogen and oxygen atoms in total. The topological polar surface area (TPSA) is 29.0 Å². The number of benzene rings is 1. The van der Waals surface area contributed by atoms with E-state index in [4.69, 9.17) is 11.6 Å². The summed E-state index contributed by atoms with van der Waals surface area (Å²) in [5.74, 6) is 0.736. The van der Waals surface area contributed by atoms with E-state index in [1.807, 2.05) is 12.1 Å². The van der Waals surface area contributed by atoms with Crippen LogP contribution in [-0.2, 0) is 0 Å². The minimum Gasteiger partial charge on any atom is -0.323 e. The molecule has 0 atom stereocenters. The molecule has 0 fully saturated rings. The summed E-state index contributed by atoms with van der Waals surface area (Å²) in [6.07, 6.45) is 0. The van der Waals surface area contributed by atoms with Gasteiger partial charge >= 0.3 is 0 Å². The van der Waals surface area contributed by atoms with E-state index in [9.17, 15) is 0 Å². The fourth-order valence-corrected chi connectivity index (χ4v) is 2.33. The first-order valence-electron chi connectivity index (χ1n) is 5.04. The molecule has 5 heteroatoms. The van der Waals surface area contributed by atoms with Gasteiger partial charge in [0.1, 0.15) is 0 Å². The van der Waals surface area contributed by atoms with E-state index in [0.717, 1.165) is 29.8 Å². The van der Waals surface area contributed by atoms with Crippen LogP contribution in [0.5, 0.6) is 0 Å². The van der Waals surface area contributed by atoms with Gasteiger partial charge in [-0.25, -0.2) is 0 Å². The Morgan fingerprint density at radius 1 is 1.38 bits per heavy atom. The molecule has 0 amide bonds. The van der Waals surface area contributed by atoms with Gasteiger partial charge in [-0.1, -0.05) is 23.7 Å². The summed E-state index contributed by atoms with van der Waals surface area (Å²) in [5.41, 5.74) is 2.31. The van der Waals surface area contributed by atoms with Gasteiger partial charge in [-0.2, -0.15) is 8.75 Å². The summed E-state index contributed by atoms with van der Waals surface area (Å²) in [4.78, 5) is 2.05. The molecule has 0 bridgehead atoms. The average molecular weight is 254 g/mol. The predicted molar refractivity (Wildman–Crippen MR) is 68.8 cm³/mol. The Kier molecular flexibility index (Phi) is 3.41. The van der Waals surface area contributed by atoms with Gasteiger partial charge in [0.25, 0.3) is 0 Å². The third-order valence-electron chi connectivity index (χ3n) is 2.32. The monoisotopic (exact) mass is 253 g/mol. The van der Waals surface area contributed by atoms with E-state index < -0.39 is 0 Å². The van der Waals surface area contributed by atoms with Gasteiger partial charge in [0.05, 0.1) is 11.7 Å². The summed E-state index contributed by atoms with van der Waals surface area (Å²) in [6.45, 7) is 4.95. The predicted octanol–water partition coefficient (Wildman–Crippen LogP) is 3.66. The lowest BCUT2D eigenvalue weighted by atomic mass is 10.2. The lowest BCUT2D eigenvalue weighted by Gasteiger charge is -2.20. The zero-order chi connectivity index (χ0) is 11.5. The number of halogens is 1. The SMILES string of the molecule is CCN(c1cccc(C)c1)c1nsnc1Cl. The molecule has 84 valence electrons. The van der Waals surface area contributed by atoms with E-state index in [2.05, 4.69) is 39.6 Å². The molecular weight excluding hydrogens is 242 g/mol. The molecule has 0 N–H and O–H groups in total. The van der Waals surface area contributed by atoms with Crippen molar-refractivity contribution in [3.05, 3.63) is 35.0 Å². The number of aromatic nitrogens is 2. The van der Waals surface area contributed by atoms with Crippen LogP contribution in [0.2, 0.25) is 5.15 Å². The molecular formula is C11H12ClN3S. The van der Waals surface area contributed by atoms with Crippen molar-refractivity contribution in [2.75, 3.05) is 11.4 Å². The number of hydrogen-bond donors (Lipinski definition) is 0. The molecule has 0 radical (unpaired) electrons. The maximum absolute atomic E-state index is 6.00. The summed E-state index contributed by atoms with van der Waals surface area (Å²) < 4.78 is 8.21. The molecule has 0 aliphatic heterocycles. The van der Waals surface area contributed by atoms with Gasteiger partial charge in [0.2, 0.25) is 0 Å². The van der Waals surface area contributed by atoms with Crippen molar-refractivity contribution in [1.82, 2.24) is 8.75 Å². The average Bonchev–Trinajstić information content (AvgIpc) is 2.67. The molecule has 2 aromatic rings. The fourth-order valence-electron chi connectivity index (χ4n) is 1.58. The van der Waals surface area contributed by atoms with Gasteiger partial charge in [-0.15, -0.1) is 0 Å². The van der Waals surface area contributed by atoms with E-state index in [1.54, 1.807) is 0 Å². The second-order valence-corrected chi connectivity index (χ2v) is 4.35. The highest BCUT2D eigenvalue weighted by molar-refractivity contribution is 6.99. The van der Waals surface area contributed by atoms with Crippen molar-refractivity contribution in [2.24, 2.45) is 0 Å². The van der Waals surface area contributed by atoms with Crippen molar-refractivity contribution in [3.8, 4) is 0 Å². The van der Waals surface area contributed by atoms with Crippen LogP contribution in [0, 0.1) is 6.92 Å². The Morgan fingerprint density at radius 3 is 2.75 bits per heavy atom. The number of hydrogen-bond acceptors (Lipinski definition) is 4. The van der Waals surface area contributed by atoms with Crippen LogP contribution < -0.4 is 4.90 Å². The second kappa shape index (κ2) is 4.80. The molecule has 1 heterocycles. The van der Waals surface area contributed by atoms with Gasteiger partial charge in [0, 0.05) is 12.2 Å². The Labute approximate surface area is 104 Å². The summed E-state index contributed by atoms with van der Waals surface area (Å²) >= 11 is 7.13. The normalized spacial score (nSPS) is 10.4. The van der Waals surface area contributed by atoms with Crippen molar-refractivity contribution in [2.45, 2.75) is 13.8 Å². The number of anilines is 2. The molecule has 2 rings (SSSR count). The number of rotatable bonds is 3. The van der Waals surface area contributed by atoms with Crippen molar-refractivity contribution in [1.29, 1.82) is 0 Å². The minimum absolute atomic E-state index is 0.466. The van der Waals surface area contributed by atoms with Gasteiger partial charge in [0.15, 0.2) is 11.0 Å². The van der Waals surface area contributed by atoms with Gasteiger partial charge < -0.3 is 4.90 Å². The molecule has 0 saturated carbocycles. The van der Waals surface area contributed by atoms with Crippen molar-refractivity contribution < 1.29 is 0 Å². The van der Waals surface area contributed by atoms with Crippen LogP contribution >= 0.6 is 23.3 Å². The molecule has 0 spiro atoms. The fraction of sp³-hybridized carbons (Fsp3) is 0.273. The summed E-state index contributed by atoms with van der Waals surface area (Å²) in [7, 11) is 0. The highest BCUT2D eigenvalue weighted by atomic mass is 35.5. The first-order chi connectivity index (χ1) is 7.72. The highest BCUT2D eigenvalue weighted by Crippen LogP contribution is 2.29. The maximum Gasteiger partial charge on any atom is 0.187 e. The van der Waals surface area contributed by atoms with E-state index in [1.165, 1.54) is 5.56 Å². The van der Waals surface area contributed by atoms with E-state index >= 15 is 0 Å². The van der Waals surface area contributed by atoms with Crippen molar-refractivity contribution >= 4 is 34.8 Å². The molecule has 16 heavy (non-hydrogen) atoms. The van der Waals surface area contributed by atoms with Crippen LogP contribution in [0.4, 0.5) is 11.5 Å². The standard InChI is InChI=1S/C11H12ClN3S/c1-3-15(11-10(12)13-16-14-11)9-6-4-5-8(2)7-9/h4-7H,3H2,1-2H3. The quantitative estimate of drug-likeness (QED) is 0.836. The highest BCUT2D eigenvalue weighted by Gasteiger charge is 2.14. The zero-order valence-corrected chi connectivity index (χ0v) is 10.7. The van der Waals surface area contributed by atoms with Crippen LogP contribution in [0.25, 0.3) is 0 Å². The molecule has 0 unspecified atom stereocenters. The van der Waals surface area contributed by atoms with Crippen LogP contribution in [0.1, 0.15) is 12.5 Å². The molecule has 0 aliphatic rings. The largest absolute Gasteiger partial charge is 0.323 e. The zero-order valence-electron chi connectivity index (χ0n) is 9.14. The van der Waals surface area contributed by atoms with Crippen molar-refractivity contribution in [3.63, 3.8) is 0 Å². The van der Waals surface area contributed by atoms with Crippen LogP contribution in [0.3, 0.4) is 0 Å². The number of aryl methyl sites for hydroxylation is 1. The lowest BCUT2D eigenvalue weighted by Crippen LogP contribution is -2.16. The third-order valence-corrected chi connectivity index (χ3v) is 3.19. The van der Waals surface area contributed by atoms with E-state index in [-0.39, 0.29) is 0 Å². The molecule has 1 aromatic carbocycles.